The summed E-state index contributed by atoms with van der Waals surface area (Å²) in [4.78, 5) is 12.6. The average molecular weight is 302 g/mol. The van der Waals surface area contributed by atoms with Crippen LogP contribution in [0.2, 0.25) is 0 Å². The van der Waals surface area contributed by atoms with Gasteiger partial charge in [0.2, 0.25) is 0 Å². The Morgan fingerprint density at radius 2 is 2.18 bits per heavy atom. The highest BCUT2D eigenvalue weighted by Crippen LogP contribution is 2.27. The number of rotatable bonds is 3. The molecule has 2 aromatic rings. The van der Waals surface area contributed by atoms with Crippen LogP contribution in [-0.2, 0) is 4.74 Å². The van der Waals surface area contributed by atoms with E-state index in [9.17, 15) is 9.90 Å². The first-order chi connectivity index (χ1) is 10.6. The molecule has 2 heterocycles. The summed E-state index contributed by atoms with van der Waals surface area (Å²) in [5.41, 5.74) is 7.34. The molecule has 7 heteroatoms. The van der Waals surface area contributed by atoms with E-state index in [1.54, 1.807) is 17.1 Å². The Labute approximate surface area is 127 Å². The SMILES string of the molecule is Nc1cnn(C(c2ccccc2)[C@@H]2CN(C(=O)O)CCO2)c1. The standard InChI is InChI=1S/C15H18N4O3/c16-12-8-17-19(9-12)14(11-4-2-1-3-5-11)13-10-18(15(20)21)6-7-22-13/h1-5,8-9,13-14H,6-7,10,16H2,(H,20,21)/t13-,14?/m0/s1. The maximum atomic E-state index is 11.2. The lowest BCUT2D eigenvalue weighted by atomic mass is 10.00. The molecule has 1 saturated heterocycles. The molecule has 1 unspecified atom stereocenters. The predicted octanol–water partition coefficient (Wildman–Crippen LogP) is 1.43. The Hall–Kier alpha value is -2.54. The van der Waals surface area contributed by atoms with E-state index < -0.39 is 6.09 Å². The average Bonchev–Trinajstić information content (AvgIpc) is 2.95. The molecule has 1 aliphatic rings. The molecule has 3 rings (SSSR count). The van der Waals surface area contributed by atoms with Gasteiger partial charge in [0.15, 0.2) is 0 Å². The minimum atomic E-state index is -0.930. The van der Waals surface area contributed by atoms with E-state index in [2.05, 4.69) is 5.10 Å². The molecular formula is C15H18N4O3. The zero-order valence-corrected chi connectivity index (χ0v) is 12.0. The van der Waals surface area contributed by atoms with E-state index in [1.165, 1.54) is 4.90 Å². The van der Waals surface area contributed by atoms with Crippen molar-refractivity contribution in [3.63, 3.8) is 0 Å². The van der Waals surface area contributed by atoms with Gasteiger partial charge in [-0.2, -0.15) is 5.10 Å². The maximum absolute atomic E-state index is 11.2. The van der Waals surface area contributed by atoms with E-state index in [1.807, 2.05) is 30.3 Å². The van der Waals surface area contributed by atoms with Gasteiger partial charge >= 0.3 is 6.09 Å². The Balaban J connectivity index is 1.93. The van der Waals surface area contributed by atoms with Gasteiger partial charge < -0.3 is 20.5 Å². The third-order valence-corrected chi connectivity index (χ3v) is 3.76. The Morgan fingerprint density at radius 1 is 1.41 bits per heavy atom. The predicted molar refractivity (Wildman–Crippen MR) is 80.6 cm³/mol. The van der Waals surface area contributed by atoms with Gasteiger partial charge in [-0.25, -0.2) is 4.79 Å². The van der Waals surface area contributed by atoms with Crippen LogP contribution in [0.4, 0.5) is 10.5 Å². The molecule has 22 heavy (non-hydrogen) atoms. The number of carbonyl (C=O) groups is 1. The number of anilines is 1. The molecule has 0 spiro atoms. The summed E-state index contributed by atoms with van der Waals surface area (Å²) >= 11 is 0. The van der Waals surface area contributed by atoms with E-state index in [4.69, 9.17) is 10.5 Å². The summed E-state index contributed by atoms with van der Waals surface area (Å²) in [6.07, 6.45) is 2.07. The molecule has 1 fully saturated rings. The highest BCUT2D eigenvalue weighted by Gasteiger charge is 2.32. The number of nitrogens with two attached hydrogens (primary N) is 1. The third kappa shape index (κ3) is 2.89. The second-order valence-corrected chi connectivity index (χ2v) is 5.25. The molecule has 2 atom stereocenters. The number of ether oxygens (including phenoxy) is 1. The highest BCUT2D eigenvalue weighted by atomic mass is 16.5. The molecule has 1 aliphatic heterocycles. The molecule has 0 saturated carbocycles. The number of carboxylic acid groups (broad SMARTS) is 1. The van der Waals surface area contributed by atoms with Gasteiger partial charge in [-0.3, -0.25) is 4.68 Å². The first-order valence-electron chi connectivity index (χ1n) is 7.09. The van der Waals surface area contributed by atoms with Gasteiger partial charge in [0.05, 0.1) is 25.0 Å². The van der Waals surface area contributed by atoms with Crippen molar-refractivity contribution in [2.45, 2.75) is 12.1 Å². The van der Waals surface area contributed by atoms with E-state index in [-0.39, 0.29) is 12.1 Å². The second-order valence-electron chi connectivity index (χ2n) is 5.25. The van der Waals surface area contributed by atoms with Crippen molar-refractivity contribution in [2.75, 3.05) is 25.4 Å². The molecule has 1 aromatic carbocycles. The van der Waals surface area contributed by atoms with Crippen LogP contribution in [0.5, 0.6) is 0 Å². The van der Waals surface area contributed by atoms with Gasteiger partial charge in [0.25, 0.3) is 0 Å². The van der Waals surface area contributed by atoms with E-state index in [0.717, 1.165) is 5.56 Å². The van der Waals surface area contributed by atoms with Gasteiger partial charge in [-0.15, -0.1) is 0 Å². The molecule has 1 amide bonds. The zero-order chi connectivity index (χ0) is 15.5. The molecule has 0 bridgehead atoms. The summed E-state index contributed by atoms with van der Waals surface area (Å²) in [7, 11) is 0. The van der Waals surface area contributed by atoms with Crippen LogP contribution in [0.1, 0.15) is 11.6 Å². The van der Waals surface area contributed by atoms with Crippen LogP contribution in [0, 0.1) is 0 Å². The number of hydrogen-bond acceptors (Lipinski definition) is 4. The maximum Gasteiger partial charge on any atom is 0.407 e. The molecule has 1 aromatic heterocycles. The lowest BCUT2D eigenvalue weighted by Crippen LogP contribution is -2.48. The fourth-order valence-electron chi connectivity index (χ4n) is 2.73. The fourth-order valence-corrected chi connectivity index (χ4v) is 2.73. The number of morpholine rings is 1. The summed E-state index contributed by atoms with van der Waals surface area (Å²) in [6.45, 7) is 1.06. The van der Waals surface area contributed by atoms with Crippen molar-refractivity contribution in [3.8, 4) is 0 Å². The first kappa shape index (κ1) is 14.4. The van der Waals surface area contributed by atoms with Crippen molar-refractivity contribution in [2.24, 2.45) is 0 Å². The minimum Gasteiger partial charge on any atom is -0.465 e. The number of nitrogen functional groups attached to an aromatic ring is 1. The Kier molecular flexibility index (Phi) is 3.97. The summed E-state index contributed by atoms with van der Waals surface area (Å²) in [6, 6.07) is 9.54. The molecule has 3 N–H and O–H groups in total. The Bertz CT molecular complexity index is 643. The largest absolute Gasteiger partial charge is 0.465 e. The molecular weight excluding hydrogens is 284 g/mol. The lowest BCUT2D eigenvalue weighted by molar-refractivity contribution is -0.0414. The quantitative estimate of drug-likeness (QED) is 0.894. The summed E-state index contributed by atoms with van der Waals surface area (Å²) in [5, 5.41) is 13.5. The van der Waals surface area contributed by atoms with E-state index >= 15 is 0 Å². The molecule has 0 aliphatic carbocycles. The molecule has 116 valence electrons. The van der Waals surface area contributed by atoms with Crippen LogP contribution in [0.15, 0.2) is 42.7 Å². The van der Waals surface area contributed by atoms with Crippen LogP contribution in [0.25, 0.3) is 0 Å². The van der Waals surface area contributed by atoms with Gasteiger partial charge in [-0.1, -0.05) is 30.3 Å². The van der Waals surface area contributed by atoms with Crippen LogP contribution in [-0.4, -0.2) is 51.7 Å². The van der Waals surface area contributed by atoms with E-state index in [0.29, 0.717) is 25.4 Å². The monoisotopic (exact) mass is 302 g/mol. The smallest absolute Gasteiger partial charge is 0.407 e. The zero-order valence-electron chi connectivity index (χ0n) is 12.0. The number of benzene rings is 1. The normalized spacial score (nSPS) is 19.8. The number of hydrogen-bond donors (Lipinski definition) is 2. The number of amides is 1. The van der Waals surface area contributed by atoms with Crippen LogP contribution >= 0.6 is 0 Å². The second kappa shape index (κ2) is 6.07. The minimum absolute atomic E-state index is 0.222. The van der Waals surface area contributed by atoms with Crippen LogP contribution in [0.3, 0.4) is 0 Å². The van der Waals surface area contributed by atoms with Crippen molar-refractivity contribution < 1.29 is 14.6 Å². The van der Waals surface area contributed by atoms with Gasteiger partial charge in [-0.05, 0) is 5.56 Å². The van der Waals surface area contributed by atoms with Crippen molar-refractivity contribution >= 4 is 11.8 Å². The summed E-state index contributed by atoms with van der Waals surface area (Å²) < 4.78 is 7.57. The number of nitrogens with zero attached hydrogens (tertiary/aromatic N) is 3. The highest BCUT2D eigenvalue weighted by molar-refractivity contribution is 5.65. The van der Waals surface area contributed by atoms with Gasteiger partial charge in [0, 0.05) is 12.7 Å². The number of aromatic nitrogens is 2. The van der Waals surface area contributed by atoms with Crippen LogP contribution < -0.4 is 5.73 Å². The Morgan fingerprint density at radius 3 is 2.82 bits per heavy atom. The molecule has 0 radical (unpaired) electrons. The third-order valence-electron chi connectivity index (χ3n) is 3.76. The lowest BCUT2D eigenvalue weighted by Gasteiger charge is -2.35. The van der Waals surface area contributed by atoms with Crippen molar-refractivity contribution in [1.82, 2.24) is 14.7 Å². The van der Waals surface area contributed by atoms with Crippen molar-refractivity contribution in [1.29, 1.82) is 0 Å². The fraction of sp³-hybridized carbons (Fsp3) is 0.333. The first-order valence-corrected chi connectivity index (χ1v) is 7.09. The van der Waals surface area contributed by atoms with Gasteiger partial charge in [0.1, 0.15) is 12.1 Å². The van der Waals surface area contributed by atoms with Crippen molar-refractivity contribution in [3.05, 3.63) is 48.3 Å². The molecule has 7 nitrogen and oxygen atoms in total. The summed E-state index contributed by atoms with van der Waals surface area (Å²) in [5.74, 6) is 0. The topological polar surface area (TPSA) is 93.6 Å².